The Bertz CT molecular complexity index is 1230. The molecule has 34 heavy (non-hydrogen) atoms. The molecule has 1 saturated heterocycles. The van der Waals surface area contributed by atoms with Crippen molar-refractivity contribution in [3.63, 3.8) is 0 Å². The fourth-order valence-electron chi connectivity index (χ4n) is 4.47. The first-order valence-corrected chi connectivity index (χ1v) is 12.0. The first kappa shape index (κ1) is 22.4. The van der Waals surface area contributed by atoms with E-state index in [1.807, 2.05) is 67.7 Å². The summed E-state index contributed by atoms with van der Waals surface area (Å²) in [5.74, 6) is 0.885. The third-order valence-electron chi connectivity index (χ3n) is 6.45. The van der Waals surface area contributed by atoms with Gasteiger partial charge in [0.25, 0.3) is 0 Å². The number of piperazine rings is 1. The van der Waals surface area contributed by atoms with E-state index in [1.54, 1.807) is 0 Å². The topological polar surface area (TPSA) is 63.1 Å². The highest BCUT2D eigenvalue weighted by Gasteiger charge is 2.32. The standard InChI is InChI=1S/C27H28ClN5O/c1-33(31-26(34)14-11-20-7-3-2-4-8-20)17-15-32(16-18-33)27-22-9-5-6-10-23(22)29-24-13-12-21(28)19-25(24)30-27/h2-10,12-13,19H,11,14-18H2,1H3,(H-,29,30,31,34). The van der Waals surface area contributed by atoms with Crippen molar-refractivity contribution in [3.05, 3.63) is 88.9 Å². The second-order valence-electron chi connectivity index (χ2n) is 9.02. The van der Waals surface area contributed by atoms with Gasteiger partial charge in [0.2, 0.25) is 0 Å². The summed E-state index contributed by atoms with van der Waals surface area (Å²) in [6.07, 6.45) is 1.16. The van der Waals surface area contributed by atoms with Gasteiger partial charge in [-0.05, 0) is 48.7 Å². The molecule has 6 nitrogen and oxygen atoms in total. The van der Waals surface area contributed by atoms with Crippen molar-refractivity contribution < 1.29 is 9.70 Å². The van der Waals surface area contributed by atoms with Gasteiger partial charge in [-0.2, -0.15) is 4.59 Å². The van der Waals surface area contributed by atoms with Crippen molar-refractivity contribution in [2.75, 3.05) is 38.5 Å². The average Bonchev–Trinajstić information content (AvgIpc) is 3.00. The highest BCUT2D eigenvalue weighted by molar-refractivity contribution is 6.31. The van der Waals surface area contributed by atoms with E-state index in [2.05, 4.69) is 27.5 Å². The molecule has 0 aromatic heterocycles. The number of nitrogens with zero attached hydrogens (tertiary/aromatic N) is 4. The number of rotatable bonds is 4. The lowest BCUT2D eigenvalue weighted by Gasteiger charge is -2.39. The maximum atomic E-state index is 12.6. The lowest BCUT2D eigenvalue weighted by Crippen LogP contribution is -2.56. The smallest absolute Gasteiger partial charge is 0.139 e. The first-order chi connectivity index (χ1) is 16.5. The van der Waals surface area contributed by atoms with E-state index in [-0.39, 0.29) is 5.90 Å². The number of likely N-dealkylation sites (N-methyl/N-ethyl adjacent to an activating group) is 1. The van der Waals surface area contributed by atoms with Gasteiger partial charge >= 0.3 is 0 Å². The lowest BCUT2D eigenvalue weighted by molar-refractivity contribution is -0.920. The van der Waals surface area contributed by atoms with Crippen LogP contribution in [0.25, 0.3) is 0 Å². The number of aliphatic imine (C=N–C) groups is 1. The predicted molar refractivity (Wildman–Crippen MR) is 137 cm³/mol. The first-order valence-electron chi connectivity index (χ1n) is 11.6. The average molecular weight is 474 g/mol. The van der Waals surface area contributed by atoms with E-state index in [1.165, 1.54) is 0 Å². The quantitative estimate of drug-likeness (QED) is 0.343. The van der Waals surface area contributed by atoms with E-state index in [9.17, 15) is 5.11 Å². The van der Waals surface area contributed by atoms with Crippen LogP contribution in [0.1, 0.15) is 17.5 Å². The zero-order valence-electron chi connectivity index (χ0n) is 19.2. The fraction of sp³-hybridized carbons (Fsp3) is 0.259. The van der Waals surface area contributed by atoms with Crippen LogP contribution in [0.15, 0.2) is 82.9 Å². The minimum Gasteiger partial charge on any atom is -0.858 e. The minimum absolute atomic E-state index is 0.0373. The van der Waals surface area contributed by atoms with Gasteiger partial charge in [0.1, 0.15) is 18.9 Å². The van der Waals surface area contributed by atoms with Crippen molar-refractivity contribution in [2.24, 2.45) is 10.1 Å². The van der Waals surface area contributed by atoms with Gasteiger partial charge in [0.05, 0.1) is 31.5 Å². The molecule has 2 aliphatic rings. The Balaban J connectivity index is 1.33. The minimum atomic E-state index is -0.0373. The van der Waals surface area contributed by atoms with Crippen LogP contribution in [-0.2, 0) is 6.42 Å². The van der Waals surface area contributed by atoms with E-state index in [4.69, 9.17) is 16.6 Å². The number of hydrogen-bond acceptors (Lipinski definition) is 5. The van der Waals surface area contributed by atoms with Crippen LogP contribution in [0.5, 0.6) is 0 Å². The van der Waals surface area contributed by atoms with Gasteiger partial charge in [-0.15, -0.1) is 5.10 Å². The van der Waals surface area contributed by atoms with Crippen LogP contribution in [0.3, 0.4) is 0 Å². The summed E-state index contributed by atoms with van der Waals surface area (Å²) < 4.78 is 0.402. The van der Waals surface area contributed by atoms with Gasteiger partial charge in [-0.3, -0.25) is 0 Å². The van der Waals surface area contributed by atoms with Crippen molar-refractivity contribution >= 4 is 40.4 Å². The van der Waals surface area contributed by atoms with Crippen LogP contribution < -0.4 is 10.4 Å². The van der Waals surface area contributed by atoms with E-state index >= 15 is 0 Å². The number of aryl methyl sites for hydroxylation is 1. The summed E-state index contributed by atoms with van der Waals surface area (Å²) in [4.78, 5) is 7.32. The highest BCUT2D eigenvalue weighted by Crippen LogP contribution is 2.36. The zero-order valence-corrected chi connectivity index (χ0v) is 20.0. The third-order valence-corrected chi connectivity index (χ3v) is 6.68. The lowest BCUT2D eigenvalue weighted by atomic mass is 10.1. The van der Waals surface area contributed by atoms with Gasteiger partial charge in [0, 0.05) is 22.2 Å². The van der Waals surface area contributed by atoms with Crippen LogP contribution in [0, 0.1) is 0 Å². The molecular weight excluding hydrogens is 446 g/mol. The predicted octanol–water partition coefficient (Wildman–Crippen LogP) is 4.54. The molecule has 0 atom stereocenters. The number of benzene rings is 3. The monoisotopic (exact) mass is 473 g/mol. The summed E-state index contributed by atoms with van der Waals surface area (Å²) in [6.45, 7) is 3.01. The summed E-state index contributed by atoms with van der Waals surface area (Å²) in [6, 6.07) is 24.0. The van der Waals surface area contributed by atoms with Crippen molar-refractivity contribution in [1.82, 2.24) is 4.90 Å². The SMILES string of the molecule is C[N+]1(/N=C(\[O-])CCc2ccccc2)CCN(C2=Nc3cc(Cl)ccc3Nc3ccccc32)CC1. The molecule has 1 N–H and O–H groups in total. The Morgan fingerprint density at radius 2 is 1.76 bits per heavy atom. The number of fused-ring (bicyclic) bond motifs is 2. The molecule has 2 aliphatic heterocycles. The molecule has 3 aromatic rings. The number of amidine groups is 1. The Labute approximate surface area is 205 Å². The van der Waals surface area contributed by atoms with Crippen LogP contribution in [-0.4, -0.2) is 54.5 Å². The molecular formula is C27H28ClN5O. The zero-order chi connectivity index (χ0) is 23.5. The second kappa shape index (κ2) is 9.49. The molecule has 0 spiro atoms. The van der Waals surface area contributed by atoms with Crippen molar-refractivity contribution in [2.45, 2.75) is 12.8 Å². The third kappa shape index (κ3) is 4.93. The van der Waals surface area contributed by atoms with Gasteiger partial charge in [-0.25, -0.2) is 4.99 Å². The van der Waals surface area contributed by atoms with Crippen molar-refractivity contribution in [3.8, 4) is 0 Å². The van der Waals surface area contributed by atoms with Gasteiger partial charge < -0.3 is 15.3 Å². The number of para-hydroxylation sites is 1. The molecule has 5 rings (SSSR count). The maximum Gasteiger partial charge on any atom is 0.139 e. The summed E-state index contributed by atoms with van der Waals surface area (Å²) in [5, 5.41) is 21.3. The molecule has 3 aromatic carbocycles. The molecule has 0 radical (unpaired) electrons. The molecule has 1 fully saturated rings. The number of halogens is 1. The molecule has 0 amide bonds. The van der Waals surface area contributed by atoms with Crippen LogP contribution >= 0.6 is 11.6 Å². The molecule has 0 unspecified atom stereocenters. The van der Waals surface area contributed by atoms with Crippen LogP contribution in [0.2, 0.25) is 5.02 Å². The molecule has 2 heterocycles. The molecule has 174 valence electrons. The van der Waals surface area contributed by atoms with Gasteiger partial charge in [0.15, 0.2) is 0 Å². The summed E-state index contributed by atoms with van der Waals surface area (Å²) >= 11 is 6.27. The van der Waals surface area contributed by atoms with E-state index < -0.39 is 0 Å². The molecule has 7 heteroatoms. The normalized spacial score (nSPS) is 17.2. The largest absolute Gasteiger partial charge is 0.858 e. The summed E-state index contributed by atoms with van der Waals surface area (Å²) in [5.41, 5.74) is 5.00. The number of hydrogen-bond donors (Lipinski definition) is 1. The number of nitrogens with one attached hydrogen (secondary N) is 1. The molecule has 0 bridgehead atoms. The highest BCUT2D eigenvalue weighted by atomic mass is 35.5. The van der Waals surface area contributed by atoms with E-state index in [0.29, 0.717) is 16.0 Å². The fourth-order valence-corrected chi connectivity index (χ4v) is 4.64. The van der Waals surface area contributed by atoms with Crippen molar-refractivity contribution in [1.29, 1.82) is 0 Å². The summed E-state index contributed by atoms with van der Waals surface area (Å²) in [7, 11) is 2.04. The Morgan fingerprint density at radius 1 is 1.03 bits per heavy atom. The Hall–Kier alpha value is -3.35. The second-order valence-corrected chi connectivity index (χ2v) is 9.46. The van der Waals surface area contributed by atoms with Gasteiger partial charge in [-0.1, -0.05) is 54.1 Å². The Kier molecular flexibility index (Phi) is 6.26. The Morgan fingerprint density at radius 3 is 2.56 bits per heavy atom. The number of quaternary nitrogens is 1. The molecule has 0 saturated carbocycles. The molecule has 0 aliphatic carbocycles. The maximum absolute atomic E-state index is 12.6. The number of anilines is 2. The van der Waals surface area contributed by atoms with Crippen LogP contribution in [0.4, 0.5) is 17.1 Å². The van der Waals surface area contributed by atoms with E-state index in [0.717, 1.165) is 66.6 Å².